The SMILES string of the molecule is Cc1nc2cc(N(C)CC(F)F)c(N)cc2s1. The molecule has 1 aromatic carbocycles. The van der Waals surface area contributed by atoms with Gasteiger partial charge in [-0.05, 0) is 19.1 Å². The van der Waals surface area contributed by atoms with Gasteiger partial charge in [0.2, 0.25) is 0 Å². The van der Waals surface area contributed by atoms with Crippen molar-refractivity contribution in [1.82, 2.24) is 4.98 Å². The van der Waals surface area contributed by atoms with Crippen LogP contribution in [0.25, 0.3) is 10.2 Å². The van der Waals surface area contributed by atoms with Crippen LogP contribution in [0.1, 0.15) is 5.01 Å². The van der Waals surface area contributed by atoms with Crippen LogP contribution >= 0.6 is 11.3 Å². The summed E-state index contributed by atoms with van der Waals surface area (Å²) in [4.78, 5) is 5.78. The molecule has 0 aliphatic heterocycles. The number of nitrogens with two attached hydrogens (primary N) is 1. The van der Waals surface area contributed by atoms with Crippen molar-refractivity contribution in [2.75, 3.05) is 24.2 Å². The summed E-state index contributed by atoms with van der Waals surface area (Å²) < 4.78 is 25.6. The van der Waals surface area contributed by atoms with Crippen LogP contribution in [0, 0.1) is 6.92 Å². The highest BCUT2D eigenvalue weighted by molar-refractivity contribution is 7.18. The Balaban J connectivity index is 2.42. The van der Waals surface area contributed by atoms with E-state index in [1.54, 1.807) is 30.5 Å². The molecule has 0 saturated carbocycles. The summed E-state index contributed by atoms with van der Waals surface area (Å²) in [5.74, 6) is 0. The topological polar surface area (TPSA) is 42.2 Å². The van der Waals surface area contributed by atoms with Gasteiger partial charge in [0.05, 0.1) is 33.1 Å². The number of hydrogen-bond acceptors (Lipinski definition) is 4. The quantitative estimate of drug-likeness (QED) is 0.860. The molecule has 0 atom stereocenters. The van der Waals surface area contributed by atoms with Crippen LogP contribution in [0.3, 0.4) is 0 Å². The van der Waals surface area contributed by atoms with E-state index in [2.05, 4.69) is 4.98 Å². The largest absolute Gasteiger partial charge is 0.397 e. The maximum Gasteiger partial charge on any atom is 0.255 e. The Bertz CT molecular complexity index is 539. The van der Waals surface area contributed by atoms with Crippen LogP contribution in [0.4, 0.5) is 20.2 Å². The van der Waals surface area contributed by atoms with Crippen molar-refractivity contribution in [2.24, 2.45) is 0 Å². The van der Waals surface area contributed by atoms with Crippen molar-refractivity contribution >= 4 is 32.9 Å². The van der Waals surface area contributed by atoms with Gasteiger partial charge in [0.25, 0.3) is 6.43 Å². The Morgan fingerprint density at radius 2 is 2.18 bits per heavy atom. The molecule has 2 aromatic rings. The molecule has 2 N–H and O–H groups in total. The first-order chi connectivity index (χ1) is 7.97. The first-order valence-corrected chi connectivity index (χ1v) is 5.95. The lowest BCUT2D eigenvalue weighted by molar-refractivity contribution is 0.156. The van der Waals surface area contributed by atoms with Crippen molar-refractivity contribution in [1.29, 1.82) is 0 Å². The van der Waals surface area contributed by atoms with E-state index >= 15 is 0 Å². The molecule has 0 aliphatic carbocycles. The smallest absolute Gasteiger partial charge is 0.255 e. The van der Waals surface area contributed by atoms with Gasteiger partial charge in [0, 0.05) is 7.05 Å². The summed E-state index contributed by atoms with van der Waals surface area (Å²) in [6.45, 7) is 1.57. The van der Waals surface area contributed by atoms with Gasteiger partial charge in [-0.15, -0.1) is 11.3 Å². The zero-order chi connectivity index (χ0) is 12.6. The zero-order valence-corrected chi connectivity index (χ0v) is 10.4. The molecule has 17 heavy (non-hydrogen) atoms. The normalized spacial score (nSPS) is 11.4. The van der Waals surface area contributed by atoms with Crippen LogP contribution in [-0.2, 0) is 0 Å². The summed E-state index contributed by atoms with van der Waals surface area (Å²) in [7, 11) is 1.60. The number of fused-ring (bicyclic) bond motifs is 1. The van der Waals surface area contributed by atoms with Crippen LogP contribution in [0.2, 0.25) is 0 Å². The fourth-order valence-corrected chi connectivity index (χ4v) is 2.59. The van der Waals surface area contributed by atoms with Crippen molar-refractivity contribution in [3.05, 3.63) is 17.1 Å². The minimum atomic E-state index is -2.38. The molecule has 0 amide bonds. The highest BCUT2D eigenvalue weighted by Gasteiger charge is 2.13. The molecule has 0 fully saturated rings. The molecular weight excluding hydrogens is 244 g/mol. The molecule has 0 radical (unpaired) electrons. The number of halogens is 2. The number of aryl methyl sites for hydroxylation is 1. The zero-order valence-electron chi connectivity index (χ0n) is 9.58. The second-order valence-corrected chi connectivity index (χ2v) is 5.12. The number of thiazole rings is 1. The number of anilines is 2. The minimum Gasteiger partial charge on any atom is -0.397 e. The number of hydrogen-bond donors (Lipinski definition) is 1. The van der Waals surface area contributed by atoms with Crippen molar-refractivity contribution < 1.29 is 8.78 Å². The lowest BCUT2D eigenvalue weighted by atomic mass is 10.2. The Morgan fingerprint density at radius 3 is 2.82 bits per heavy atom. The molecule has 3 nitrogen and oxygen atoms in total. The number of nitrogens with zero attached hydrogens (tertiary/aromatic N) is 2. The van der Waals surface area contributed by atoms with E-state index in [0.717, 1.165) is 15.2 Å². The van der Waals surface area contributed by atoms with Crippen LogP contribution < -0.4 is 10.6 Å². The Hall–Kier alpha value is -1.43. The van der Waals surface area contributed by atoms with Crippen molar-refractivity contribution in [2.45, 2.75) is 13.3 Å². The average molecular weight is 257 g/mol. The number of rotatable bonds is 3. The fourth-order valence-electron chi connectivity index (χ4n) is 1.73. The third-order valence-corrected chi connectivity index (χ3v) is 3.40. The summed E-state index contributed by atoms with van der Waals surface area (Å²) in [6.07, 6.45) is -2.38. The second-order valence-electron chi connectivity index (χ2n) is 3.88. The van der Waals surface area contributed by atoms with E-state index in [-0.39, 0.29) is 6.54 Å². The monoisotopic (exact) mass is 257 g/mol. The van der Waals surface area contributed by atoms with Gasteiger partial charge in [-0.3, -0.25) is 0 Å². The highest BCUT2D eigenvalue weighted by atomic mass is 32.1. The number of benzene rings is 1. The van der Waals surface area contributed by atoms with E-state index < -0.39 is 6.43 Å². The first kappa shape index (κ1) is 12.0. The molecule has 2 rings (SSSR count). The van der Waals surface area contributed by atoms with Gasteiger partial charge in [-0.2, -0.15) is 0 Å². The minimum absolute atomic E-state index is 0.334. The maximum atomic E-state index is 12.3. The predicted molar refractivity (Wildman–Crippen MR) is 68.0 cm³/mol. The van der Waals surface area contributed by atoms with E-state index in [9.17, 15) is 8.78 Å². The maximum absolute atomic E-state index is 12.3. The summed E-state index contributed by atoms with van der Waals surface area (Å²) in [5.41, 5.74) is 7.77. The molecule has 0 aliphatic rings. The molecule has 0 spiro atoms. The molecule has 92 valence electrons. The van der Waals surface area contributed by atoms with Crippen LogP contribution in [-0.4, -0.2) is 25.0 Å². The predicted octanol–water partition coefficient (Wildman–Crippen LogP) is 2.89. The average Bonchev–Trinajstić information content (AvgIpc) is 2.54. The Labute approximate surface area is 102 Å². The van der Waals surface area contributed by atoms with Gasteiger partial charge in [0.1, 0.15) is 0 Å². The molecule has 6 heteroatoms. The summed E-state index contributed by atoms with van der Waals surface area (Å²) in [6, 6.07) is 3.55. The van der Waals surface area contributed by atoms with Crippen molar-refractivity contribution in [3.63, 3.8) is 0 Å². The standard InChI is InChI=1S/C11H13F2N3S/c1-6-15-8-4-9(16(2)5-11(12)13)7(14)3-10(8)17-6/h3-4,11H,5,14H2,1-2H3. The van der Waals surface area contributed by atoms with E-state index in [4.69, 9.17) is 5.73 Å². The lowest BCUT2D eigenvalue weighted by Crippen LogP contribution is -2.24. The van der Waals surface area contributed by atoms with Gasteiger partial charge >= 0.3 is 0 Å². The van der Waals surface area contributed by atoms with Gasteiger partial charge in [-0.1, -0.05) is 0 Å². The third-order valence-electron chi connectivity index (χ3n) is 2.47. The summed E-state index contributed by atoms with van der Waals surface area (Å²) in [5, 5.41) is 0.938. The van der Waals surface area contributed by atoms with Crippen molar-refractivity contribution in [3.8, 4) is 0 Å². The summed E-state index contributed by atoms with van der Waals surface area (Å²) >= 11 is 1.54. The van der Waals surface area contributed by atoms with Gasteiger partial charge in [-0.25, -0.2) is 13.8 Å². The number of nitrogen functional groups attached to an aromatic ring is 1. The molecule has 0 unspecified atom stereocenters. The highest BCUT2D eigenvalue weighted by Crippen LogP contribution is 2.31. The fraction of sp³-hybridized carbons (Fsp3) is 0.364. The van der Waals surface area contributed by atoms with E-state index in [1.165, 1.54) is 4.90 Å². The van der Waals surface area contributed by atoms with Crippen LogP contribution in [0.5, 0.6) is 0 Å². The lowest BCUT2D eigenvalue weighted by Gasteiger charge is -2.20. The molecular formula is C11H13F2N3S. The second kappa shape index (κ2) is 4.44. The van der Waals surface area contributed by atoms with E-state index in [0.29, 0.717) is 11.4 Å². The molecule has 1 aromatic heterocycles. The van der Waals surface area contributed by atoms with Crippen LogP contribution in [0.15, 0.2) is 12.1 Å². The van der Waals surface area contributed by atoms with E-state index in [1.807, 2.05) is 6.92 Å². The molecule has 0 bridgehead atoms. The van der Waals surface area contributed by atoms with Gasteiger partial charge in [0.15, 0.2) is 0 Å². The number of alkyl halides is 2. The van der Waals surface area contributed by atoms with Gasteiger partial charge < -0.3 is 10.6 Å². The number of aromatic nitrogens is 1. The Kier molecular flexibility index (Phi) is 3.15. The third kappa shape index (κ3) is 2.46. The molecule has 1 heterocycles. The molecule has 0 saturated heterocycles. The Morgan fingerprint density at radius 1 is 1.47 bits per heavy atom. The first-order valence-electron chi connectivity index (χ1n) is 5.13.